The Hall–Kier alpha value is -0.520. The summed E-state index contributed by atoms with van der Waals surface area (Å²) < 4.78 is 32.8. The van der Waals surface area contributed by atoms with Crippen molar-refractivity contribution in [1.82, 2.24) is 5.32 Å². The Labute approximate surface area is 102 Å². The summed E-state index contributed by atoms with van der Waals surface area (Å²) in [5, 5.41) is 2.85. The molecule has 2 nitrogen and oxygen atoms in total. The second-order valence-electron chi connectivity index (χ2n) is 3.46. The van der Waals surface area contributed by atoms with Gasteiger partial charge >= 0.3 is 0 Å². The molecule has 1 N–H and O–H groups in total. The number of hydrogen-bond acceptors (Lipinski definition) is 2. The summed E-state index contributed by atoms with van der Waals surface area (Å²) in [4.78, 5) is 0. The highest BCUT2D eigenvalue weighted by molar-refractivity contribution is 9.10. The van der Waals surface area contributed by atoms with E-state index in [0.29, 0.717) is 0 Å². The van der Waals surface area contributed by atoms with Gasteiger partial charge in [-0.05, 0) is 42.0 Å². The maximum absolute atomic E-state index is 13.8. The molecule has 90 valence electrons. The van der Waals surface area contributed by atoms with Gasteiger partial charge in [-0.25, -0.2) is 8.78 Å². The molecule has 2 atom stereocenters. The first kappa shape index (κ1) is 13.5. The summed E-state index contributed by atoms with van der Waals surface area (Å²) in [6.07, 6.45) is -0.330. The molecule has 16 heavy (non-hydrogen) atoms. The Bertz CT molecular complexity index is 373. The van der Waals surface area contributed by atoms with Crippen molar-refractivity contribution in [3.05, 3.63) is 33.8 Å². The molecule has 0 fully saturated rings. The lowest BCUT2D eigenvalue weighted by Crippen LogP contribution is -2.30. The molecule has 0 heterocycles. The number of likely N-dealkylation sites (N-methyl/N-ethyl adjacent to an activating group) is 1. The SMILES string of the molecule is CNC(c1c(F)ccc(Br)c1F)C(C)OC. The van der Waals surface area contributed by atoms with Gasteiger partial charge in [0.05, 0.1) is 16.6 Å². The van der Waals surface area contributed by atoms with Crippen molar-refractivity contribution in [2.75, 3.05) is 14.2 Å². The molecule has 5 heteroatoms. The van der Waals surface area contributed by atoms with Crippen LogP contribution in [0.5, 0.6) is 0 Å². The lowest BCUT2D eigenvalue weighted by molar-refractivity contribution is 0.0831. The van der Waals surface area contributed by atoms with Gasteiger partial charge in [-0.15, -0.1) is 0 Å². The Kier molecular flexibility index (Phi) is 4.83. The maximum Gasteiger partial charge on any atom is 0.145 e. The zero-order valence-corrected chi connectivity index (χ0v) is 10.9. The van der Waals surface area contributed by atoms with Gasteiger partial charge in [0.25, 0.3) is 0 Å². The largest absolute Gasteiger partial charge is 0.380 e. The number of benzene rings is 1. The number of nitrogens with one attached hydrogen (secondary N) is 1. The first-order chi connectivity index (χ1) is 7.52. The third-order valence-corrected chi connectivity index (χ3v) is 3.16. The number of ether oxygens (including phenoxy) is 1. The minimum Gasteiger partial charge on any atom is -0.380 e. The van der Waals surface area contributed by atoms with Gasteiger partial charge in [0.1, 0.15) is 11.6 Å². The highest BCUT2D eigenvalue weighted by Crippen LogP contribution is 2.29. The average Bonchev–Trinajstić information content (AvgIpc) is 2.28. The summed E-state index contributed by atoms with van der Waals surface area (Å²) in [6, 6.07) is 2.05. The second kappa shape index (κ2) is 5.70. The van der Waals surface area contributed by atoms with Crippen molar-refractivity contribution >= 4 is 15.9 Å². The van der Waals surface area contributed by atoms with Crippen molar-refractivity contribution in [3.8, 4) is 0 Å². The molecule has 0 aliphatic heterocycles. The van der Waals surface area contributed by atoms with Crippen LogP contribution in [-0.2, 0) is 4.74 Å². The van der Waals surface area contributed by atoms with Crippen molar-refractivity contribution in [2.24, 2.45) is 0 Å². The van der Waals surface area contributed by atoms with E-state index in [1.54, 1.807) is 14.0 Å². The molecule has 0 saturated heterocycles. The van der Waals surface area contributed by atoms with E-state index in [1.807, 2.05) is 0 Å². The van der Waals surface area contributed by atoms with Gasteiger partial charge in [0.2, 0.25) is 0 Å². The fraction of sp³-hybridized carbons (Fsp3) is 0.455. The first-order valence-corrected chi connectivity index (χ1v) is 5.65. The van der Waals surface area contributed by atoms with Gasteiger partial charge in [0.15, 0.2) is 0 Å². The fourth-order valence-electron chi connectivity index (χ4n) is 1.58. The fourth-order valence-corrected chi connectivity index (χ4v) is 1.92. The topological polar surface area (TPSA) is 21.3 Å². The Morgan fingerprint density at radius 2 is 2.00 bits per heavy atom. The van der Waals surface area contributed by atoms with Crippen LogP contribution < -0.4 is 5.32 Å². The van der Waals surface area contributed by atoms with Gasteiger partial charge in [-0.1, -0.05) is 0 Å². The van der Waals surface area contributed by atoms with Crippen molar-refractivity contribution in [2.45, 2.75) is 19.1 Å². The van der Waals surface area contributed by atoms with Crippen LogP contribution in [0.15, 0.2) is 16.6 Å². The standard InChI is InChI=1S/C11H14BrF2NO/c1-6(16-3)11(15-2)9-8(13)5-4-7(12)10(9)14/h4-6,11,15H,1-3H3. The second-order valence-corrected chi connectivity index (χ2v) is 4.32. The summed E-state index contributed by atoms with van der Waals surface area (Å²) >= 11 is 3.04. The molecule has 0 aromatic heterocycles. The predicted molar refractivity (Wildman–Crippen MR) is 62.3 cm³/mol. The molecule has 0 radical (unpaired) electrons. The number of hydrogen-bond donors (Lipinski definition) is 1. The lowest BCUT2D eigenvalue weighted by atomic mass is 10.0. The van der Waals surface area contributed by atoms with Crippen molar-refractivity contribution < 1.29 is 13.5 Å². The third kappa shape index (κ3) is 2.59. The maximum atomic E-state index is 13.8. The van der Waals surface area contributed by atoms with E-state index in [2.05, 4.69) is 21.2 Å². The van der Waals surface area contributed by atoms with E-state index in [-0.39, 0.29) is 16.1 Å². The first-order valence-electron chi connectivity index (χ1n) is 4.86. The van der Waals surface area contributed by atoms with Crippen LogP contribution >= 0.6 is 15.9 Å². The molecule has 0 saturated carbocycles. The average molecular weight is 294 g/mol. The molecular weight excluding hydrogens is 280 g/mol. The molecule has 1 rings (SSSR count). The minimum absolute atomic E-state index is 0.00812. The molecule has 0 aliphatic carbocycles. The molecule has 0 aliphatic rings. The van der Waals surface area contributed by atoms with Crippen LogP contribution in [0, 0.1) is 11.6 Å². The Balaban J connectivity index is 3.23. The van der Waals surface area contributed by atoms with Gasteiger partial charge in [0, 0.05) is 12.7 Å². The Morgan fingerprint density at radius 1 is 1.38 bits per heavy atom. The van der Waals surface area contributed by atoms with Crippen molar-refractivity contribution in [1.29, 1.82) is 0 Å². The van der Waals surface area contributed by atoms with E-state index < -0.39 is 17.7 Å². The summed E-state index contributed by atoms with van der Waals surface area (Å²) in [5.74, 6) is -1.17. The van der Waals surface area contributed by atoms with E-state index in [9.17, 15) is 8.78 Å². The van der Waals surface area contributed by atoms with Gasteiger partial charge in [-0.3, -0.25) is 0 Å². The summed E-state index contributed by atoms with van der Waals surface area (Å²) in [6.45, 7) is 1.75. The molecule has 1 aromatic rings. The highest BCUT2D eigenvalue weighted by Gasteiger charge is 2.25. The normalized spacial score (nSPS) is 14.9. The van der Waals surface area contributed by atoms with Gasteiger partial charge < -0.3 is 10.1 Å². The molecule has 2 unspecified atom stereocenters. The number of halogens is 3. The van der Waals surface area contributed by atoms with Crippen LogP contribution in [0.3, 0.4) is 0 Å². The van der Waals surface area contributed by atoms with Crippen molar-refractivity contribution in [3.63, 3.8) is 0 Å². The molecule has 0 bridgehead atoms. The van der Waals surface area contributed by atoms with Crippen LogP contribution in [0.2, 0.25) is 0 Å². The van der Waals surface area contributed by atoms with E-state index in [0.717, 1.165) is 0 Å². The van der Waals surface area contributed by atoms with Crippen LogP contribution in [-0.4, -0.2) is 20.3 Å². The number of rotatable bonds is 4. The third-order valence-electron chi connectivity index (χ3n) is 2.54. The lowest BCUT2D eigenvalue weighted by Gasteiger charge is -2.23. The predicted octanol–water partition coefficient (Wildman–Crippen LogP) is 3.02. The van der Waals surface area contributed by atoms with Crippen LogP contribution in [0.25, 0.3) is 0 Å². The number of methoxy groups -OCH3 is 1. The molecule has 0 amide bonds. The smallest absolute Gasteiger partial charge is 0.145 e. The van der Waals surface area contributed by atoms with E-state index in [4.69, 9.17) is 4.74 Å². The Morgan fingerprint density at radius 3 is 2.50 bits per heavy atom. The zero-order valence-electron chi connectivity index (χ0n) is 9.35. The quantitative estimate of drug-likeness (QED) is 0.862. The summed E-state index contributed by atoms with van der Waals surface area (Å²) in [7, 11) is 3.14. The minimum atomic E-state index is -0.594. The van der Waals surface area contributed by atoms with E-state index >= 15 is 0 Å². The van der Waals surface area contributed by atoms with Gasteiger partial charge in [-0.2, -0.15) is 0 Å². The van der Waals surface area contributed by atoms with Crippen LogP contribution in [0.1, 0.15) is 18.5 Å². The highest BCUT2D eigenvalue weighted by atomic mass is 79.9. The molecular formula is C11H14BrF2NO. The van der Waals surface area contributed by atoms with E-state index in [1.165, 1.54) is 19.2 Å². The summed E-state index contributed by atoms with van der Waals surface area (Å²) in [5.41, 5.74) is -0.00812. The monoisotopic (exact) mass is 293 g/mol. The van der Waals surface area contributed by atoms with Crippen LogP contribution in [0.4, 0.5) is 8.78 Å². The molecule has 1 aromatic carbocycles. The molecule has 0 spiro atoms. The zero-order chi connectivity index (χ0) is 12.3.